The van der Waals surface area contributed by atoms with Gasteiger partial charge in [-0.05, 0) is 47.3 Å². The molecule has 1 saturated heterocycles. The summed E-state index contributed by atoms with van der Waals surface area (Å²) in [5.74, 6) is 0.826. The molecular weight excluding hydrogens is 296 g/mol. The van der Waals surface area contributed by atoms with Crippen molar-refractivity contribution < 1.29 is 9.47 Å². The molecule has 0 amide bonds. The molecule has 4 nitrogen and oxygen atoms in total. The van der Waals surface area contributed by atoms with E-state index in [0.29, 0.717) is 0 Å². The summed E-state index contributed by atoms with van der Waals surface area (Å²) in [6, 6.07) is 4.03. The van der Waals surface area contributed by atoms with Crippen molar-refractivity contribution in [1.29, 1.82) is 0 Å². The SMILES string of the molecule is COc1cc2cnn(C3CCCCO3)c2cc1Br. The molecule has 0 bridgehead atoms. The van der Waals surface area contributed by atoms with Crippen molar-refractivity contribution in [1.82, 2.24) is 9.78 Å². The smallest absolute Gasteiger partial charge is 0.150 e. The molecule has 0 radical (unpaired) electrons. The van der Waals surface area contributed by atoms with Crippen LogP contribution >= 0.6 is 15.9 Å². The Labute approximate surface area is 114 Å². The summed E-state index contributed by atoms with van der Waals surface area (Å²) in [4.78, 5) is 0. The van der Waals surface area contributed by atoms with E-state index >= 15 is 0 Å². The maximum absolute atomic E-state index is 5.78. The van der Waals surface area contributed by atoms with Crippen LogP contribution in [0.15, 0.2) is 22.8 Å². The normalized spacial score (nSPS) is 20.2. The van der Waals surface area contributed by atoms with Crippen LogP contribution < -0.4 is 4.74 Å². The van der Waals surface area contributed by atoms with E-state index in [0.717, 1.165) is 40.6 Å². The standard InChI is InChI=1S/C13H15BrN2O2/c1-17-12-6-9-8-15-16(11(9)7-10(12)14)13-4-2-3-5-18-13/h6-8,13H,2-5H2,1H3. The van der Waals surface area contributed by atoms with Crippen LogP contribution in [0.4, 0.5) is 0 Å². The Kier molecular flexibility index (Phi) is 3.26. The Morgan fingerprint density at radius 3 is 3.06 bits per heavy atom. The Hall–Kier alpha value is -1.07. The van der Waals surface area contributed by atoms with E-state index in [4.69, 9.17) is 9.47 Å². The van der Waals surface area contributed by atoms with E-state index in [1.807, 2.05) is 23.0 Å². The molecule has 5 heteroatoms. The largest absolute Gasteiger partial charge is 0.496 e. The quantitative estimate of drug-likeness (QED) is 0.851. The molecule has 2 heterocycles. The third-order valence-corrected chi connectivity index (χ3v) is 3.92. The van der Waals surface area contributed by atoms with Crippen molar-refractivity contribution in [2.24, 2.45) is 0 Å². The molecule has 2 aromatic rings. The predicted octanol–water partition coefficient (Wildman–Crippen LogP) is 3.51. The van der Waals surface area contributed by atoms with Crippen LogP contribution in [-0.4, -0.2) is 23.5 Å². The molecule has 1 aromatic carbocycles. The van der Waals surface area contributed by atoms with E-state index in [1.165, 1.54) is 6.42 Å². The van der Waals surface area contributed by atoms with E-state index in [2.05, 4.69) is 21.0 Å². The first-order valence-corrected chi connectivity index (χ1v) is 6.91. The van der Waals surface area contributed by atoms with E-state index < -0.39 is 0 Å². The van der Waals surface area contributed by atoms with E-state index in [1.54, 1.807) is 7.11 Å². The number of methoxy groups -OCH3 is 1. The van der Waals surface area contributed by atoms with Gasteiger partial charge in [0.25, 0.3) is 0 Å². The number of nitrogens with zero attached hydrogens (tertiary/aromatic N) is 2. The summed E-state index contributed by atoms with van der Waals surface area (Å²) in [5, 5.41) is 5.52. The lowest BCUT2D eigenvalue weighted by Crippen LogP contribution is -2.18. The fourth-order valence-electron chi connectivity index (χ4n) is 2.35. The lowest BCUT2D eigenvalue weighted by Gasteiger charge is -2.23. The first-order valence-electron chi connectivity index (χ1n) is 6.12. The Morgan fingerprint density at radius 1 is 1.44 bits per heavy atom. The molecule has 1 unspecified atom stereocenters. The average molecular weight is 311 g/mol. The van der Waals surface area contributed by atoms with Crippen LogP contribution in [0.1, 0.15) is 25.5 Å². The fraction of sp³-hybridized carbons (Fsp3) is 0.462. The van der Waals surface area contributed by atoms with Crippen molar-refractivity contribution in [3.8, 4) is 5.75 Å². The molecule has 0 saturated carbocycles. The van der Waals surface area contributed by atoms with Crippen molar-refractivity contribution in [2.75, 3.05) is 13.7 Å². The Bertz CT molecular complexity index is 561. The van der Waals surface area contributed by atoms with Gasteiger partial charge in [-0.3, -0.25) is 0 Å². The highest BCUT2D eigenvalue weighted by atomic mass is 79.9. The maximum Gasteiger partial charge on any atom is 0.150 e. The number of aromatic nitrogens is 2. The van der Waals surface area contributed by atoms with Crippen LogP contribution in [0.3, 0.4) is 0 Å². The van der Waals surface area contributed by atoms with Crippen LogP contribution in [-0.2, 0) is 4.74 Å². The summed E-state index contributed by atoms with van der Waals surface area (Å²) in [6.07, 6.45) is 5.30. The van der Waals surface area contributed by atoms with Gasteiger partial charge in [0.1, 0.15) is 5.75 Å². The van der Waals surface area contributed by atoms with Crippen molar-refractivity contribution in [2.45, 2.75) is 25.5 Å². The predicted molar refractivity (Wildman–Crippen MR) is 72.8 cm³/mol. The average Bonchev–Trinajstić information content (AvgIpc) is 2.81. The lowest BCUT2D eigenvalue weighted by atomic mass is 10.2. The minimum Gasteiger partial charge on any atom is -0.496 e. The molecule has 18 heavy (non-hydrogen) atoms. The highest BCUT2D eigenvalue weighted by Gasteiger charge is 2.19. The van der Waals surface area contributed by atoms with Gasteiger partial charge in [0.2, 0.25) is 0 Å². The molecule has 1 aromatic heterocycles. The molecule has 1 aliphatic rings. The summed E-state index contributed by atoms with van der Waals surface area (Å²) < 4.78 is 14.0. The van der Waals surface area contributed by atoms with Gasteiger partial charge < -0.3 is 9.47 Å². The van der Waals surface area contributed by atoms with E-state index in [-0.39, 0.29) is 6.23 Å². The van der Waals surface area contributed by atoms with Crippen LogP contribution in [0.2, 0.25) is 0 Å². The minimum absolute atomic E-state index is 0.0662. The zero-order chi connectivity index (χ0) is 12.5. The zero-order valence-corrected chi connectivity index (χ0v) is 11.8. The molecular formula is C13H15BrN2O2. The van der Waals surface area contributed by atoms with Gasteiger partial charge in [-0.2, -0.15) is 5.10 Å². The second-order valence-corrected chi connectivity index (χ2v) is 5.31. The summed E-state index contributed by atoms with van der Waals surface area (Å²) >= 11 is 3.51. The van der Waals surface area contributed by atoms with Crippen molar-refractivity contribution in [3.63, 3.8) is 0 Å². The molecule has 1 fully saturated rings. The third kappa shape index (κ3) is 2.01. The molecule has 1 atom stereocenters. The number of hydrogen-bond donors (Lipinski definition) is 0. The van der Waals surface area contributed by atoms with Gasteiger partial charge in [0, 0.05) is 12.0 Å². The first kappa shape index (κ1) is 12.0. The number of hydrogen-bond acceptors (Lipinski definition) is 3. The molecule has 0 aliphatic carbocycles. The van der Waals surface area contributed by atoms with Gasteiger partial charge in [-0.15, -0.1) is 0 Å². The topological polar surface area (TPSA) is 36.3 Å². The Balaban J connectivity index is 2.05. The van der Waals surface area contributed by atoms with Crippen molar-refractivity contribution in [3.05, 3.63) is 22.8 Å². The zero-order valence-electron chi connectivity index (χ0n) is 10.2. The molecule has 0 spiro atoms. The summed E-state index contributed by atoms with van der Waals surface area (Å²) in [6.45, 7) is 0.823. The molecule has 1 aliphatic heterocycles. The fourth-order valence-corrected chi connectivity index (χ4v) is 2.84. The van der Waals surface area contributed by atoms with Gasteiger partial charge in [-0.1, -0.05) is 0 Å². The molecule has 3 rings (SSSR count). The van der Waals surface area contributed by atoms with Crippen LogP contribution in [0.25, 0.3) is 10.9 Å². The number of ether oxygens (including phenoxy) is 2. The van der Waals surface area contributed by atoms with Gasteiger partial charge in [0.15, 0.2) is 6.23 Å². The number of benzene rings is 1. The maximum atomic E-state index is 5.78. The number of fused-ring (bicyclic) bond motifs is 1. The number of halogens is 1. The monoisotopic (exact) mass is 310 g/mol. The lowest BCUT2D eigenvalue weighted by molar-refractivity contribution is -0.0366. The highest BCUT2D eigenvalue weighted by molar-refractivity contribution is 9.10. The number of rotatable bonds is 2. The van der Waals surface area contributed by atoms with Crippen LogP contribution in [0.5, 0.6) is 5.75 Å². The van der Waals surface area contributed by atoms with E-state index in [9.17, 15) is 0 Å². The van der Waals surface area contributed by atoms with Gasteiger partial charge in [0.05, 0.1) is 23.3 Å². The minimum atomic E-state index is 0.0662. The summed E-state index contributed by atoms with van der Waals surface area (Å²) in [5.41, 5.74) is 1.08. The van der Waals surface area contributed by atoms with Crippen molar-refractivity contribution >= 4 is 26.8 Å². The van der Waals surface area contributed by atoms with Crippen LogP contribution in [0, 0.1) is 0 Å². The first-order chi connectivity index (χ1) is 8.79. The Morgan fingerprint density at radius 2 is 2.33 bits per heavy atom. The van der Waals surface area contributed by atoms with Gasteiger partial charge in [-0.25, -0.2) is 4.68 Å². The second-order valence-electron chi connectivity index (χ2n) is 4.46. The highest BCUT2D eigenvalue weighted by Crippen LogP contribution is 2.32. The second kappa shape index (κ2) is 4.90. The summed E-state index contributed by atoms with van der Waals surface area (Å²) in [7, 11) is 1.67. The van der Waals surface area contributed by atoms with Gasteiger partial charge >= 0.3 is 0 Å². The molecule has 96 valence electrons. The molecule has 0 N–H and O–H groups in total. The third-order valence-electron chi connectivity index (χ3n) is 3.30.